The summed E-state index contributed by atoms with van der Waals surface area (Å²) in [7, 11) is 0. The number of hydrogen-bond acceptors (Lipinski definition) is 4. The van der Waals surface area contributed by atoms with E-state index in [9.17, 15) is 9.90 Å². The van der Waals surface area contributed by atoms with Crippen LogP contribution in [0.5, 0.6) is 5.75 Å². The van der Waals surface area contributed by atoms with Crippen LogP contribution in [0.15, 0.2) is 18.2 Å². The molecule has 0 spiro atoms. The highest BCUT2D eigenvalue weighted by Crippen LogP contribution is 2.25. The number of rotatable bonds is 7. The standard InChI is InChI=1S/C14H21NO3/c1-3-4-7-15(8-9-16)12-5-6-13(11(2)17)14(18)10-12/h5-6,10,16,18H,3-4,7-9H2,1-2H3. The Balaban J connectivity index is 2.91. The topological polar surface area (TPSA) is 60.8 Å². The van der Waals surface area contributed by atoms with E-state index < -0.39 is 0 Å². The van der Waals surface area contributed by atoms with Crippen molar-refractivity contribution in [2.45, 2.75) is 26.7 Å². The fraction of sp³-hybridized carbons (Fsp3) is 0.500. The molecule has 100 valence electrons. The van der Waals surface area contributed by atoms with Crippen molar-refractivity contribution in [3.8, 4) is 5.75 Å². The Morgan fingerprint density at radius 3 is 2.56 bits per heavy atom. The number of Topliss-reactive ketones (excluding diaryl/α,β-unsaturated/α-hetero) is 1. The smallest absolute Gasteiger partial charge is 0.163 e. The number of ketones is 1. The molecule has 0 saturated carbocycles. The number of aromatic hydroxyl groups is 1. The summed E-state index contributed by atoms with van der Waals surface area (Å²) in [5.74, 6) is -0.152. The van der Waals surface area contributed by atoms with Crippen molar-refractivity contribution < 1.29 is 15.0 Å². The molecule has 1 rings (SSSR count). The van der Waals surface area contributed by atoms with Gasteiger partial charge in [-0.2, -0.15) is 0 Å². The Labute approximate surface area is 108 Å². The molecular formula is C14H21NO3. The fourth-order valence-corrected chi connectivity index (χ4v) is 1.85. The summed E-state index contributed by atoms with van der Waals surface area (Å²) in [6, 6.07) is 5.02. The minimum atomic E-state index is -0.152. The number of phenolic OH excluding ortho intramolecular Hbond substituents is 1. The third-order valence-corrected chi connectivity index (χ3v) is 2.88. The summed E-state index contributed by atoms with van der Waals surface area (Å²) in [5.41, 5.74) is 1.16. The highest BCUT2D eigenvalue weighted by Gasteiger charge is 2.11. The molecule has 0 atom stereocenters. The van der Waals surface area contributed by atoms with Gasteiger partial charge >= 0.3 is 0 Å². The maximum Gasteiger partial charge on any atom is 0.163 e. The summed E-state index contributed by atoms with van der Waals surface area (Å²) in [6.07, 6.45) is 2.09. The van der Waals surface area contributed by atoms with E-state index in [4.69, 9.17) is 5.11 Å². The van der Waals surface area contributed by atoms with Crippen LogP contribution in [0.4, 0.5) is 5.69 Å². The van der Waals surface area contributed by atoms with Crippen molar-refractivity contribution in [3.05, 3.63) is 23.8 Å². The zero-order chi connectivity index (χ0) is 13.5. The molecule has 0 heterocycles. The Bertz CT molecular complexity index is 404. The lowest BCUT2D eigenvalue weighted by atomic mass is 10.1. The number of benzene rings is 1. The first kappa shape index (κ1) is 14.5. The van der Waals surface area contributed by atoms with Crippen molar-refractivity contribution in [2.75, 3.05) is 24.6 Å². The monoisotopic (exact) mass is 251 g/mol. The molecule has 0 fully saturated rings. The van der Waals surface area contributed by atoms with Crippen LogP contribution in [0.3, 0.4) is 0 Å². The average Bonchev–Trinajstić information content (AvgIpc) is 2.33. The van der Waals surface area contributed by atoms with Crippen LogP contribution in [0.25, 0.3) is 0 Å². The van der Waals surface area contributed by atoms with Gasteiger partial charge in [-0.25, -0.2) is 0 Å². The molecule has 0 aliphatic carbocycles. The number of anilines is 1. The van der Waals surface area contributed by atoms with E-state index in [1.807, 2.05) is 11.0 Å². The van der Waals surface area contributed by atoms with Crippen molar-refractivity contribution in [1.29, 1.82) is 0 Å². The van der Waals surface area contributed by atoms with Crippen molar-refractivity contribution in [3.63, 3.8) is 0 Å². The Hall–Kier alpha value is -1.55. The Morgan fingerprint density at radius 2 is 2.06 bits per heavy atom. The van der Waals surface area contributed by atoms with Gasteiger partial charge in [-0.15, -0.1) is 0 Å². The van der Waals surface area contributed by atoms with Crippen LogP contribution in [0.1, 0.15) is 37.0 Å². The molecule has 1 aromatic carbocycles. The Kier molecular flexibility index (Phi) is 5.65. The number of unbranched alkanes of at least 4 members (excludes halogenated alkanes) is 1. The number of hydrogen-bond donors (Lipinski definition) is 2. The molecule has 2 N–H and O–H groups in total. The number of aliphatic hydroxyl groups excluding tert-OH is 1. The van der Waals surface area contributed by atoms with Gasteiger partial charge in [0.1, 0.15) is 5.75 Å². The zero-order valence-electron chi connectivity index (χ0n) is 11.0. The first-order valence-electron chi connectivity index (χ1n) is 6.30. The average molecular weight is 251 g/mol. The predicted molar refractivity (Wildman–Crippen MR) is 72.3 cm³/mol. The highest BCUT2D eigenvalue weighted by atomic mass is 16.3. The number of carbonyl (C=O) groups is 1. The van der Waals surface area contributed by atoms with E-state index >= 15 is 0 Å². The van der Waals surface area contributed by atoms with E-state index in [-0.39, 0.29) is 18.1 Å². The predicted octanol–water partition coefficient (Wildman–Crippen LogP) is 2.19. The summed E-state index contributed by atoms with van der Waals surface area (Å²) in [5, 5.41) is 18.8. The molecule has 18 heavy (non-hydrogen) atoms. The lowest BCUT2D eigenvalue weighted by molar-refractivity contribution is 0.101. The largest absolute Gasteiger partial charge is 0.507 e. The second-order valence-corrected chi connectivity index (χ2v) is 4.32. The summed E-state index contributed by atoms with van der Waals surface area (Å²) in [6.45, 7) is 4.96. The van der Waals surface area contributed by atoms with Gasteiger partial charge < -0.3 is 15.1 Å². The van der Waals surface area contributed by atoms with Crippen molar-refractivity contribution in [1.82, 2.24) is 0 Å². The van der Waals surface area contributed by atoms with E-state index in [0.717, 1.165) is 25.1 Å². The number of phenols is 1. The molecule has 0 bridgehead atoms. The second-order valence-electron chi connectivity index (χ2n) is 4.32. The van der Waals surface area contributed by atoms with Crippen LogP contribution >= 0.6 is 0 Å². The minimum Gasteiger partial charge on any atom is -0.507 e. The summed E-state index contributed by atoms with van der Waals surface area (Å²) in [4.78, 5) is 13.2. The lowest BCUT2D eigenvalue weighted by Gasteiger charge is -2.24. The normalized spacial score (nSPS) is 10.4. The molecule has 0 amide bonds. The van der Waals surface area contributed by atoms with Crippen LogP contribution in [0.2, 0.25) is 0 Å². The van der Waals surface area contributed by atoms with E-state index in [0.29, 0.717) is 12.1 Å². The van der Waals surface area contributed by atoms with Gasteiger partial charge in [0.25, 0.3) is 0 Å². The quantitative estimate of drug-likeness (QED) is 0.729. The van der Waals surface area contributed by atoms with Gasteiger partial charge in [-0.05, 0) is 25.5 Å². The van der Waals surface area contributed by atoms with Crippen LogP contribution in [-0.4, -0.2) is 35.7 Å². The van der Waals surface area contributed by atoms with E-state index in [1.54, 1.807) is 12.1 Å². The summed E-state index contributed by atoms with van der Waals surface area (Å²) >= 11 is 0. The van der Waals surface area contributed by atoms with Gasteiger partial charge in [0, 0.05) is 24.8 Å². The molecule has 0 radical (unpaired) electrons. The maximum absolute atomic E-state index is 11.2. The minimum absolute atomic E-state index is 0.000520. The molecule has 0 aliphatic heterocycles. The molecule has 0 unspecified atom stereocenters. The molecule has 0 saturated heterocycles. The molecule has 4 heteroatoms. The highest BCUT2D eigenvalue weighted by molar-refractivity contribution is 5.97. The number of nitrogens with zero attached hydrogens (tertiary/aromatic N) is 1. The van der Waals surface area contributed by atoms with Crippen LogP contribution < -0.4 is 4.90 Å². The second kappa shape index (κ2) is 7.01. The van der Waals surface area contributed by atoms with Gasteiger partial charge in [-0.3, -0.25) is 4.79 Å². The first-order valence-corrected chi connectivity index (χ1v) is 6.30. The van der Waals surface area contributed by atoms with Gasteiger partial charge in [0.2, 0.25) is 0 Å². The number of aliphatic hydroxyl groups is 1. The van der Waals surface area contributed by atoms with Crippen LogP contribution in [-0.2, 0) is 0 Å². The lowest BCUT2D eigenvalue weighted by Crippen LogP contribution is -2.27. The van der Waals surface area contributed by atoms with Crippen molar-refractivity contribution in [2.24, 2.45) is 0 Å². The Morgan fingerprint density at radius 1 is 1.33 bits per heavy atom. The summed E-state index contributed by atoms with van der Waals surface area (Å²) < 4.78 is 0. The van der Waals surface area contributed by atoms with E-state index in [2.05, 4.69) is 6.92 Å². The molecule has 4 nitrogen and oxygen atoms in total. The molecule has 0 aliphatic rings. The van der Waals surface area contributed by atoms with Gasteiger partial charge in [-0.1, -0.05) is 13.3 Å². The molecular weight excluding hydrogens is 230 g/mol. The third kappa shape index (κ3) is 3.74. The van der Waals surface area contributed by atoms with E-state index in [1.165, 1.54) is 6.92 Å². The maximum atomic E-state index is 11.2. The fourth-order valence-electron chi connectivity index (χ4n) is 1.85. The van der Waals surface area contributed by atoms with Crippen molar-refractivity contribution >= 4 is 11.5 Å². The van der Waals surface area contributed by atoms with Crippen LogP contribution in [0, 0.1) is 0 Å². The van der Waals surface area contributed by atoms with Gasteiger partial charge in [0.05, 0.1) is 12.2 Å². The number of carbonyl (C=O) groups excluding carboxylic acids is 1. The molecule has 0 aromatic heterocycles. The molecule has 1 aromatic rings. The van der Waals surface area contributed by atoms with Gasteiger partial charge in [0.15, 0.2) is 5.78 Å². The zero-order valence-corrected chi connectivity index (χ0v) is 11.0. The third-order valence-electron chi connectivity index (χ3n) is 2.88. The first-order chi connectivity index (χ1) is 8.60. The SMILES string of the molecule is CCCCN(CCO)c1ccc(C(C)=O)c(O)c1.